The third-order valence-electron chi connectivity index (χ3n) is 4.70. The van der Waals surface area contributed by atoms with E-state index in [9.17, 15) is 10.0 Å². The van der Waals surface area contributed by atoms with Crippen molar-refractivity contribution in [1.82, 2.24) is 0 Å². The van der Waals surface area contributed by atoms with Crippen molar-refractivity contribution in [1.29, 1.82) is 0 Å². The van der Waals surface area contributed by atoms with Crippen molar-refractivity contribution >= 4 is 12.6 Å². The summed E-state index contributed by atoms with van der Waals surface area (Å²) in [4.78, 5) is 0. The fourth-order valence-corrected chi connectivity index (χ4v) is 3.65. The van der Waals surface area contributed by atoms with Crippen LogP contribution in [0.25, 0.3) is 22.3 Å². The van der Waals surface area contributed by atoms with Gasteiger partial charge in [-0.1, -0.05) is 60.7 Å². The Balaban J connectivity index is 1.98. The standard InChI is InChI=1S/C20H17BO2/c1-13-10-11-16(17-8-4-5-9-19(17)21(22)23)18-12-14-6-2-3-7-15(14)20(13)18/h2-11,22-23H,12H2,1H3. The molecule has 0 saturated carbocycles. The molecule has 2 nitrogen and oxygen atoms in total. The second kappa shape index (κ2) is 5.37. The van der Waals surface area contributed by atoms with E-state index in [-0.39, 0.29) is 0 Å². The van der Waals surface area contributed by atoms with Gasteiger partial charge in [-0.2, -0.15) is 0 Å². The molecule has 4 rings (SSSR count). The zero-order valence-electron chi connectivity index (χ0n) is 13.0. The Bertz CT molecular complexity index is 900. The average molecular weight is 300 g/mol. The smallest absolute Gasteiger partial charge is 0.423 e. The van der Waals surface area contributed by atoms with E-state index in [2.05, 4.69) is 43.3 Å². The molecule has 3 heteroatoms. The monoisotopic (exact) mass is 300 g/mol. The third kappa shape index (κ3) is 2.21. The van der Waals surface area contributed by atoms with Crippen LogP contribution in [0.15, 0.2) is 60.7 Å². The van der Waals surface area contributed by atoms with Gasteiger partial charge >= 0.3 is 7.12 Å². The lowest BCUT2D eigenvalue weighted by Gasteiger charge is -2.15. The molecule has 112 valence electrons. The lowest BCUT2D eigenvalue weighted by atomic mass is 9.74. The molecule has 0 aliphatic heterocycles. The maximum Gasteiger partial charge on any atom is 0.489 e. The molecule has 0 fully saturated rings. The van der Waals surface area contributed by atoms with Crippen LogP contribution < -0.4 is 5.46 Å². The highest BCUT2D eigenvalue weighted by Crippen LogP contribution is 2.43. The van der Waals surface area contributed by atoms with Gasteiger partial charge in [0.1, 0.15) is 0 Å². The van der Waals surface area contributed by atoms with Crippen LogP contribution in [0.4, 0.5) is 0 Å². The topological polar surface area (TPSA) is 40.5 Å². The number of aryl methyl sites for hydroxylation is 1. The first-order valence-corrected chi connectivity index (χ1v) is 7.83. The molecule has 0 amide bonds. The minimum Gasteiger partial charge on any atom is -0.423 e. The molecular formula is C20H17BO2. The van der Waals surface area contributed by atoms with Crippen LogP contribution in [0, 0.1) is 6.92 Å². The molecule has 0 saturated heterocycles. The fraction of sp³-hybridized carbons (Fsp3) is 0.100. The van der Waals surface area contributed by atoms with Crippen LogP contribution >= 0.6 is 0 Å². The summed E-state index contributed by atoms with van der Waals surface area (Å²) in [6, 6.07) is 20.2. The van der Waals surface area contributed by atoms with Gasteiger partial charge in [0.05, 0.1) is 0 Å². The zero-order chi connectivity index (χ0) is 16.0. The van der Waals surface area contributed by atoms with Gasteiger partial charge in [-0.3, -0.25) is 0 Å². The van der Waals surface area contributed by atoms with E-state index in [1.54, 1.807) is 6.07 Å². The Kier molecular flexibility index (Phi) is 3.33. The van der Waals surface area contributed by atoms with Gasteiger partial charge in [0, 0.05) is 0 Å². The summed E-state index contributed by atoms with van der Waals surface area (Å²) >= 11 is 0. The molecule has 1 aliphatic rings. The summed E-state index contributed by atoms with van der Waals surface area (Å²) in [5.41, 5.74) is 8.99. The van der Waals surface area contributed by atoms with Crippen molar-refractivity contribution < 1.29 is 10.0 Å². The number of fused-ring (bicyclic) bond motifs is 3. The van der Waals surface area contributed by atoms with Crippen molar-refractivity contribution in [2.45, 2.75) is 13.3 Å². The molecule has 3 aromatic rings. The first kappa shape index (κ1) is 14.3. The van der Waals surface area contributed by atoms with Crippen molar-refractivity contribution in [3.05, 3.63) is 77.4 Å². The molecule has 0 heterocycles. The van der Waals surface area contributed by atoms with Crippen LogP contribution in [-0.4, -0.2) is 17.2 Å². The molecule has 2 N–H and O–H groups in total. The van der Waals surface area contributed by atoms with E-state index in [1.165, 1.54) is 27.8 Å². The van der Waals surface area contributed by atoms with Crippen LogP contribution in [-0.2, 0) is 6.42 Å². The van der Waals surface area contributed by atoms with Crippen LogP contribution in [0.2, 0.25) is 0 Å². The van der Waals surface area contributed by atoms with Crippen molar-refractivity contribution in [3.63, 3.8) is 0 Å². The van der Waals surface area contributed by atoms with Crippen LogP contribution in [0.1, 0.15) is 16.7 Å². The van der Waals surface area contributed by atoms with E-state index in [0.717, 1.165) is 17.5 Å². The fourth-order valence-electron chi connectivity index (χ4n) is 3.65. The minimum atomic E-state index is -1.47. The highest BCUT2D eigenvalue weighted by Gasteiger charge is 2.25. The van der Waals surface area contributed by atoms with E-state index >= 15 is 0 Å². The van der Waals surface area contributed by atoms with Crippen molar-refractivity contribution in [2.24, 2.45) is 0 Å². The van der Waals surface area contributed by atoms with Crippen molar-refractivity contribution in [2.75, 3.05) is 0 Å². The molecule has 0 atom stereocenters. The van der Waals surface area contributed by atoms with E-state index in [0.29, 0.717) is 5.46 Å². The zero-order valence-corrected chi connectivity index (χ0v) is 13.0. The Hall–Kier alpha value is -2.36. The first-order chi connectivity index (χ1) is 11.2. The second-order valence-electron chi connectivity index (χ2n) is 6.08. The van der Waals surface area contributed by atoms with Crippen LogP contribution in [0.3, 0.4) is 0 Å². The van der Waals surface area contributed by atoms with Gasteiger partial charge in [0.2, 0.25) is 0 Å². The summed E-state index contributed by atoms with van der Waals surface area (Å²) in [6.07, 6.45) is 0.887. The molecule has 23 heavy (non-hydrogen) atoms. The second-order valence-corrected chi connectivity index (χ2v) is 6.08. The molecule has 0 bridgehead atoms. The van der Waals surface area contributed by atoms with Gasteiger partial charge in [0.25, 0.3) is 0 Å². The van der Waals surface area contributed by atoms with Gasteiger partial charge in [0.15, 0.2) is 0 Å². The Morgan fingerprint density at radius 3 is 2.26 bits per heavy atom. The normalized spacial score (nSPS) is 12.0. The predicted molar refractivity (Wildman–Crippen MR) is 94.7 cm³/mol. The lowest BCUT2D eigenvalue weighted by Crippen LogP contribution is -2.31. The molecule has 3 aromatic carbocycles. The summed E-state index contributed by atoms with van der Waals surface area (Å²) < 4.78 is 0. The quantitative estimate of drug-likeness (QED) is 0.559. The van der Waals surface area contributed by atoms with Gasteiger partial charge < -0.3 is 10.0 Å². The Labute approximate surface area is 136 Å². The molecule has 0 spiro atoms. The summed E-state index contributed by atoms with van der Waals surface area (Å²) in [5, 5.41) is 19.4. The maximum absolute atomic E-state index is 9.70. The number of hydrogen-bond acceptors (Lipinski definition) is 2. The summed E-state index contributed by atoms with van der Waals surface area (Å²) in [6.45, 7) is 2.14. The summed E-state index contributed by atoms with van der Waals surface area (Å²) in [7, 11) is -1.47. The molecule has 0 unspecified atom stereocenters. The van der Waals surface area contributed by atoms with Gasteiger partial charge in [-0.05, 0) is 57.8 Å². The maximum atomic E-state index is 9.70. The molecule has 1 aliphatic carbocycles. The average Bonchev–Trinajstić information content (AvgIpc) is 2.95. The van der Waals surface area contributed by atoms with Gasteiger partial charge in [-0.15, -0.1) is 0 Å². The molecule has 0 radical (unpaired) electrons. The van der Waals surface area contributed by atoms with Crippen molar-refractivity contribution in [3.8, 4) is 22.3 Å². The first-order valence-electron chi connectivity index (χ1n) is 7.83. The van der Waals surface area contributed by atoms with E-state index in [4.69, 9.17) is 0 Å². The predicted octanol–water partition coefficient (Wildman–Crippen LogP) is 2.91. The SMILES string of the molecule is Cc1ccc(-c2ccccc2B(O)O)c2c1-c1ccccc1C2. The lowest BCUT2D eigenvalue weighted by molar-refractivity contribution is 0.426. The number of benzene rings is 3. The molecular weight excluding hydrogens is 283 g/mol. The molecule has 0 aromatic heterocycles. The van der Waals surface area contributed by atoms with E-state index < -0.39 is 7.12 Å². The highest BCUT2D eigenvalue weighted by atomic mass is 16.4. The van der Waals surface area contributed by atoms with Crippen LogP contribution in [0.5, 0.6) is 0 Å². The number of hydrogen-bond donors (Lipinski definition) is 2. The summed E-state index contributed by atoms with van der Waals surface area (Å²) in [5.74, 6) is 0. The Morgan fingerprint density at radius 2 is 1.48 bits per heavy atom. The minimum absolute atomic E-state index is 0.550. The van der Waals surface area contributed by atoms with E-state index in [1.807, 2.05) is 18.2 Å². The third-order valence-corrected chi connectivity index (χ3v) is 4.70. The largest absolute Gasteiger partial charge is 0.489 e. The Morgan fingerprint density at radius 1 is 0.783 bits per heavy atom. The van der Waals surface area contributed by atoms with Gasteiger partial charge in [-0.25, -0.2) is 0 Å². The highest BCUT2D eigenvalue weighted by molar-refractivity contribution is 6.60. The number of rotatable bonds is 2.